The van der Waals surface area contributed by atoms with E-state index in [9.17, 15) is 19.2 Å². The molecular weight excluding hydrogens is 935 g/mol. The Kier molecular flexibility index (Phi) is 19.0. The zero-order valence-electron chi connectivity index (χ0n) is 44.1. The number of hydrogen-bond acceptors (Lipinski definition) is 11. The Bertz CT molecular complexity index is 2600. The van der Waals surface area contributed by atoms with Gasteiger partial charge in [0.15, 0.2) is 0 Å². The number of benzene rings is 4. The minimum absolute atomic E-state index is 0.0889. The van der Waals surface area contributed by atoms with Crippen molar-refractivity contribution in [2.45, 2.75) is 119 Å². The molecular formula is C59H71N7O8. The predicted octanol–water partition coefficient (Wildman–Crippen LogP) is 9.04. The molecule has 1 aliphatic carbocycles. The van der Waals surface area contributed by atoms with E-state index in [1.165, 1.54) is 18.2 Å². The van der Waals surface area contributed by atoms with Gasteiger partial charge in [-0.25, -0.2) is 15.8 Å². The summed E-state index contributed by atoms with van der Waals surface area (Å²) in [5, 5.41) is 14.5. The molecule has 15 nitrogen and oxygen atoms in total. The molecule has 390 valence electrons. The van der Waals surface area contributed by atoms with Crippen LogP contribution in [0.5, 0.6) is 23.0 Å². The molecule has 0 fully saturated rings. The Morgan fingerprint density at radius 2 is 0.757 bits per heavy atom. The van der Waals surface area contributed by atoms with Gasteiger partial charge in [0.2, 0.25) is 0 Å². The molecule has 8 rings (SSSR count). The summed E-state index contributed by atoms with van der Waals surface area (Å²) in [7, 11) is 0. The van der Waals surface area contributed by atoms with Crippen molar-refractivity contribution in [1.29, 1.82) is 0 Å². The maximum absolute atomic E-state index is 13.9. The average Bonchev–Trinajstić information content (AvgIpc) is 3.37. The van der Waals surface area contributed by atoms with Crippen LogP contribution in [0.3, 0.4) is 0 Å². The van der Waals surface area contributed by atoms with Crippen molar-refractivity contribution in [2.24, 2.45) is 22.0 Å². The first-order valence-corrected chi connectivity index (χ1v) is 26.1. The number of carbonyl (C=O) groups excluding carboxylic acids is 4. The molecule has 0 saturated carbocycles. The van der Waals surface area contributed by atoms with Gasteiger partial charge in [0, 0.05) is 25.7 Å². The first-order chi connectivity index (χ1) is 35.8. The first kappa shape index (κ1) is 54.2. The van der Waals surface area contributed by atoms with Crippen LogP contribution >= 0.6 is 0 Å². The van der Waals surface area contributed by atoms with Gasteiger partial charge in [-0.1, -0.05) is 97.9 Å². The van der Waals surface area contributed by atoms with Crippen LogP contribution in [0.25, 0.3) is 0 Å². The van der Waals surface area contributed by atoms with Crippen LogP contribution in [0.1, 0.15) is 158 Å². The quantitative estimate of drug-likeness (QED) is 0.0825. The van der Waals surface area contributed by atoms with Crippen molar-refractivity contribution < 1.29 is 38.1 Å². The highest BCUT2D eigenvalue weighted by Crippen LogP contribution is 2.40. The normalized spacial score (nSPS) is 16.6. The van der Waals surface area contributed by atoms with E-state index in [-0.39, 0.29) is 23.2 Å². The predicted molar refractivity (Wildman–Crippen MR) is 288 cm³/mol. The second-order valence-electron chi connectivity index (χ2n) is 19.5. The van der Waals surface area contributed by atoms with Crippen molar-refractivity contribution in [3.05, 3.63) is 146 Å². The zero-order chi connectivity index (χ0) is 52.7. The van der Waals surface area contributed by atoms with E-state index < -0.39 is 35.7 Å². The standard InChI is InChI=1S/C59H71N7O8/c1-9-22-71-52-40-16-13-17-41(52)31-45-27-39-29-47(55(45)74-25-12-4)33-43-19-14-18-42(53(43)72-23-10-2)32-46-28-38(26-44(30-40)54(46)73-24-11-3)34-60-65-58(69)50(36(5)6)63-56(67)48-20-15-21-49(62-48)57(68)64-51(37(7)8)59(70)66-61-35-39/h13-21,26-29,34-37,50-51H,9-12,22-25,30-33H2,1-8H3,(H,63,67)(H,64,68)(H,65,69)(H,66,70)/b60-34+,61-35?/t50-,51+/m0/s1. The fourth-order valence-corrected chi connectivity index (χ4v) is 9.12. The molecule has 5 aromatic rings. The Morgan fingerprint density at radius 3 is 1.05 bits per heavy atom. The van der Waals surface area contributed by atoms with Crippen molar-refractivity contribution in [3.8, 4) is 23.0 Å². The van der Waals surface area contributed by atoms with Gasteiger partial charge in [-0.15, -0.1) is 0 Å². The van der Waals surface area contributed by atoms with Crippen molar-refractivity contribution in [2.75, 3.05) is 26.4 Å². The molecule has 0 radical (unpaired) electrons. The lowest BCUT2D eigenvalue weighted by molar-refractivity contribution is -0.124. The van der Waals surface area contributed by atoms with E-state index >= 15 is 0 Å². The summed E-state index contributed by atoms with van der Waals surface area (Å²) >= 11 is 0. The molecule has 15 heteroatoms. The molecule has 0 unspecified atom stereocenters. The molecule has 3 heterocycles. The number of carbonyl (C=O) groups is 4. The average molecular weight is 1010 g/mol. The molecule has 2 atom stereocenters. The van der Waals surface area contributed by atoms with E-state index in [1.807, 2.05) is 24.3 Å². The highest BCUT2D eigenvalue weighted by atomic mass is 16.5. The third-order valence-corrected chi connectivity index (χ3v) is 12.7. The molecule has 0 saturated heterocycles. The van der Waals surface area contributed by atoms with Crippen molar-refractivity contribution >= 4 is 36.1 Å². The molecule has 12 bridgehead atoms. The minimum atomic E-state index is -1.02. The van der Waals surface area contributed by atoms with Gasteiger partial charge in [-0.05, 0) is 130 Å². The topological polar surface area (TPSA) is 191 Å². The van der Waals surface area contributed by atoms with Gasteiger partial charge in [-0.3, -0.25) is 19.2 Å². The summed E-state index contributed by atoms with van der Waals surface area (Å²) in [6, 6.07) is 23.0. The number of hydrazone groups is 2. The lowest BCUT2D eigenvalue weighted by Gasteiger charge is -2.23. The SMILES string of the molecule is CCCOc1c2cccc1Cc1cc3cc(c1OCCC)Cc1cccc(c1OCCC)Cc1cc(cc(c1OCCC)C2)C=NNC(=O)[C@@H](C(C)C)NC(=O)c1cccc(n1)C(=O)N[C@@H](C(C)C)C(=O)N/N=C/3. The Balaban J connectivity index is 1.49. The van der Waals surface area contributed by atoms with Crippen molar-refractivity contribution in [3.63, 3.8) is 0 Å². The number of nitrogens with one attached hydrogen (secondary N) is 4. The monoisotopic (exact) mass is 1010 g/mol. The molecule has 0 spiro atoms. The third kappa shape index (κ3) is 13.5. The van der Waals surface area contributed by atoms with Gasteiger partial charge >= 0.3 is 0 Å². The van der Waals surface area contributed by atoms with E-state index in [0.29, 0.717) is 52.1 Å². The fourth-order valence-electron chi connectivity index (χ4n) is 9.12. The number of hydrogen-bond donors (Lipinski definition) is 4. The number of ether oxygens (including phenoxy) is 4. The Hall–Kier alpha value is -7.55. The number of amides is 4. The molecule has 3 aliphatic rings. The highest BCUT2D eigenvalue weighted by molar-refractivity contribution is 6.00. The van der Waals surface area contributed by atoms with Crippen LogP contribution in [-0.4, -0.2) is 79.6 Å². The molecule has 4 amide bonds. The van der Waals surface area contributed by atoms with Crippen LogP contribution in [0.2, 0.25) is 0 Å². The maximum atomic E-state index is 13.9. The molecule has 2 aliphatic heterocycles. The van der Waals surface area contributed by atoms with Crippen LogP contribution < -0.4 is 40.4 Å². The van der Waals surface area contributed by atoms with E-state index in [0.717, 1.165) is 104 Å². The molecule has 1 aromatic heterocycles. The van der Waals surface area contributed by atoms with Crippen LogP contribution in [-0.2, 0) is 35.3 Å². The second kappa shape index (κ2) is 25.9. The number of para-hydroxylation sites is 2. The van der Waals surface area contributed by atoms with Gasteiger partial charge in [-0.2, -0.15) is 10.2 Å². The third-order valence-electron chi connectivity index (χ3n) is 12.7. The van der Waals surface area contributed by atoms with E-state index in [4.69, 9.17) is 18.9 Å². The number of fused-ring (bicyclic) bond motifs is 10. The molecule has 74 heavy (non-hydrogen) atoms. The Morgan fingerprint density at radius 1 is 0.459 bits per heavy atom. The minimum Gasteiger partial charge on any atom is -0.493 e. The summed E-state index contributed by atoms with van der Waals surface area (Å²) < 4.78 is 27.0. The summed E-state index contributed by atoms with van der Waals surface area (Å²) in [5.41, 5.74) is 14.0. The fraction of sp³-hybridized carbons (Fsp3) is 0.407. The summed E-state index contributed by atoms with van der Waals surface area (Å²) in [5.74, 6) is -0.101. The summed E-state index contributed by atoms with van der Waals surface area (Å²) in [6.45, 7) is 17.5. The lowest BCUT2D eigenvalue weighted by Crippen LogP contribution is -2.49. The lowest BCUT2D eigenvalue weighted by atomic mass is 9.90. The maximum Gasteiger partial charge on any atom is 0.270 e. The van der Waals surface area contributed by atoms with Crippen LogP contribution in [0.4, 0.5) is 0 Å². The van der Waals surface area contributed by atoms with Gasteiger partial charge < -0.3 is 29.6 Å². The number of pyridine rings is 1. The van der Waals surface area contributed by atoms with Crippen LogP contribution in [0.15, 0.2) is 89.1 Å². The van der Waals surface area contributed by atoms with Gasteiger partial charge in [0.05, 0.1) is 38.9 Å². The molecule has 4 N–H and O–H groups in total. The largest absolute Gasteiger partial charge is 0.493 e. The van der Waals surface area contributed by atoms with E-state index in [1.54, 1.807) is 40.1 Å². The first-order valence-electron chi connectivity index (χ1n) is 26.1. The smallest absolute Gasteiger partial charge is 0.270 e. The second-order valence-corrected chi connectivity index (χ2v) is 19.5. The summed E-state index contributed by atoms with van der Waals surface area (Å²) in [4.78, 5) is 59.6. The van der Waals surface area contributed by atoms with Crippen molar-refractivity contribution in [1.82, 2.24) is 26.5 Å². The van der Waals surface area contributed by atoms with Gasteiger partial charge in [0.1, 0.15) is 46.5 Å². The number of rotatable bonds is 14. The summed E-state index contributed by atoms with van der Waals surface area (Å²) in [6.07, 6.45) is 8.14. The van der Waals surface area contributed by atoms with Gasteiger partial charge in [0.25, 0.3) is 23.6 Å². The Labute approximate surface area is 435 Å². The van der Waals surface area contributed by atoms with E-state index in [2.05, 4.69) is 101 Å². The molecule has 4 aromatic carbocycles. The highest BCUT2D eigenvalue weighted by Gasteiger charge is 2.29. The number of aromatic nitrogens is 1. The zero-order valence-corrected chi connectivity index (χ0v) is 44.1. The van der Waals surface area contributed by atoms with Crippen LogP contribution in [0, 0.1) is 11.8 Å². The number of nitrogens with zero attached hydrogens (tertiary/aromatic N) is 3.